The predicted molar refractivity (Wildman–Crippen MR) is 146 cm³/mol. The fourth-order valence-corrected chi connectivity index (χ4v) is 4.29. The van der Waals surface area contributed by atoms with Crippen molar-refractivity contribution in [1.82, 2.24) is 9.88 Å². The Bertz CT molecular complexity index is 1270. The molecule has 1 aromatic heterocycles. The van der Waals surface area contributed by atoms with E-state index in [-0.39, 0.29) is 11.8 Å². The minimum Gasteiger partial charge on any atom is -0.321 e. The quantitative estimate of drug-likeness (QED) is 0.458. The average Bonchev–Trinajstić information content (AvgIpc) is 2.91. The van der Waals surface area contributed by atoms with Crippen LogP contribution in [0.2, 0.25) is 5.02 Å². The lowest BCUT2D eigenvalue weighted by atomic mass is 10.1. The van der Waals surface area contributed by atoms with Crippen LogP contribution < -0.4 is 15.5 Å². The number of halogens is 1. The number of likely N-dealkylation sites (N-methyl/N-ethyl adjacent to an activating group) is 1. The zero-order valence-electron chi connectivity index (χ0n) is 21.0. The number of piperidine rings is 1. The number of likely N-dealkylation sites (tertiary alicyclic amines) is 1. The predicted octanol–water partition coefficient (Wildman–Crippen LogP) is 5.00. The van der Waals surface area contributed by atoms with Crippen LogP contribution in [0.3, 0.4) is 0 Å². The van der Waals surface area contributed by atoms with E-state index in [1.165, 1.54) is 12.6 Å². The van der Waals surface area contributed by atoms with E-state index in [0.717, 1.165) is 31.5 Å². The topological polar surface area (TPSA) is 94.6 Å². The smallest absolute Gasteiger partial charge is 0.258 e. The number of aryl methyl sites for hydroxylation is 1. The van der Waals surface area contributed by atoms with Crippen LogP contribution in [-0.2, 0) is 4.79 Å². The van der Waals surface area contributed by atoms with Crippen molar-refractivity contribution in [2.45, 2.75) is 26.2 Å². The van der Waals surface area contributed by atoms with Gasteiger partial charge in [0.05, 0.1) is 22.8 Å². The maximum atomic E-state index is 13.0. The Labute approximate surface area is 221 Å². The molecule has 0 atom stereocenters. The first-order valence-electron chi connectivity index (χ1n) is 12.2. The summed E-state index contributed by atoms with van der Waals surface area (Å²) in [5.41, 5.74) is 2.68. The number of hydrogen-bond donors (Lipinski definition) is 2. The van der Waals surface area contributed by atoms with E-state index in [0.29, 0.717) is 39.9 Å². The maximum Gasteiger partial charge on any atom is 0.258 e. The number of carbonyl (C=O) groups is 3. The molecule has 0 radical (unpaired) electrons. The number of nitrogens with zero attached hydrogens (tertiary/aromatic N) is 3. The minimum absolute atomic E-state index is 0.0181. The summed E-state index contributed by atoms with van der Waals surface area (Å²) in [6, 6.07) is 15.3. The van der Waals surface area contributed by atoms with Gasteiger partial charge >= 0.3 is 0 Å². The van der Waals surface area contributed by atoms with Crippen LogP contribution in [0.15, 0.2) is 60.8 Å². The minimum atomic E-state index is -0.405. The largest absolute Gasteiger partial charge is 0.321 e. The third kappa shape index (κ3) is 6.93. The Kier molecular flexibility index (Phi) is 8.53. The summed E-state index contributed by atoms with van der Waals surface area (Å²) in [7, 11) is 1.74. The van der Waals surface area contributed by atoms with Crippen LogP contribution in [0.1, 0.15) is 45.5 Å². The van der Waals surface area contributed by atoms with E-state index >= 15 is 0 Å². The first kappa shape index (κ1) is 26.3. The van der Waals surface area contributed by atoms with E-state index in [4.69, 9.17) is 11.6 Å². The summed E-state index contributed by atoms with van der Waals surface area (Å²) < 4.78 is 0. The second-order valence-corrected chi connectivity index (χ2v) is 9.59. The number of hydrogen-bond acceptors (Lipinski definition) is 5. The fraction of sp³-hybridized carbons (Fsp3) is 0.286. The highest BCUT2D eigenvalue weighted by atomic mass is 35.5. The highest BCUT2D eigenvalue weighted by molar-refractivity contribution is 6.30. The Morgan fingerprint density at radius 1 is 0.946 bits per heavy atom. The van der Waals surface area contributed by atoms with Crippen LogP contribution in [-0.4, -0.2) is 54.3 Å². The molecule has 0 aliphatic carbocycles. The van der Waals surface area contributed by atoms with E-state index in [1.54, 1.807) is 60.5 Å². The number of carbonyl (C=O) groups excluding carboxylic acids is 3. The number of pyridine rings is 1. The van der Waals surface area contributed by atoms with E-state index in [9.17, 15) is 14.4 Å². The lowest BCUT2D eigenvalue weighted by Crippen LogP contribution is -2.40. The SMILES string of the molecule is Cc1ccc(NC(=O)c2ccc(N(C)C(=O)CN3CCCCC3)cc2)c(C(=O)Nc2ccc(Cl)cn2)c1. The van der Waals surface area contributed by atoms with Gasteiger partial charge in [0.25, 0.3) is 11.8 Å². The number of rotatable bonds is 7. The zero-order chi connectivity index (χ0) is 26.4. The highest BCUT2D eigenvalue weighted by Gasteiger charge is 2.19. The number of amides is 3. The Balaban J connectivity index is 1.42. The fourth-order valence-electron chi connectivity index (χ4n) is 4.18. The summed E-state index contributed by atoms with van der Waals surface area (Å²) in [6.07, 6.45) is 4.92. The van der Waals surface area contributed by atoms with Crippen molar-refractivity contribution in [2.75, 3.05) is 42.2 Å². The standard InChI is InChI=1S/C28H30ClN5O3/c1-19-6-12-24(23(16-19)28(37)32-25-13-9-21(29)17-30-25)31-27(36)20-7-10-22(11-8-20)33(2)26(35)18-34-14-4-3-5-15-34/h6-13,16-17H,3-5,14-15,18H2,1-2H3,(H,31,36)(H,30,32,37). The Morgan fingerprint density at radius 2 is 1.68 bits per heavy atom. The van der Waals surface area contributed by atoms with Gasteiger partial charge in [0.2, 0.25) is 5.91 Å². The third-order valence-corrected chi connectivity index (χ3v) is 6.56. The monoisotopic (exact) mass is 519 g/mol. The van der Waals surface area contributed by atoms with Gasteiger partial charge in [-0.15, -0.1) is 0 Å². The lowest BCUT2D eigenvalue weighted by molar-refractivity contribution is -0.119. The van der Waals surface area contributed by atoms with Gasteiger partial charge in [-0.2, -0.15) is 0 Å². The van der Waals surface area contributed by atoms with Gasteiger partial charge in [0.15, 0.2) is 0 Å². The molecule has 3 amide bonds. The Hall–Kier alpha value is -3.75. The molecule has 3 aromatic rings. The molecule has 2 N–H and O–H groups in total. The molecule has 192 valence electrons. The lowest BCUT2D eigenvalue weighted by Gasteiger charge is -2.28. The molecule has 0 saturated carbocycles. The van der Waals surface area contributed by atoms with Crippen molar-refractivity contribution in [1.29, 1.82) is 0 Å². The number of nitrogens with one attached hydrogen (secondary N) is 2. The summed E-state index contributed by atoms with van der Waals surface area (Å²) in [5.74, 6) is -0.401. The highest BCUT2D eigenvalue weighted by Crippen LogP contribution is 2.22. The summed E-state index contributed by atoms with van der Waals surface area (Å²) in [4.78, 5) is 46.5. The Morgan fingerprint density at radius 3 is 2.35 bits per heavy atom. The van der Waals surface area contributed by atoms with Gasteiger partial charge in [-0.25, -0.2) is 4.98 Å². The van der Waals surface area contributed by atoms with E-state index in [2.05, 4.69) is 20.5 Å². The summed E-state index contributed by atoms with van der Waals surface area (Å²) in [6.45, 7) is 4.16. The van der Waals surface area contributed by atoms with Crippen LogP contribution in [0.5, 0.6) is 0 Å². The molecule has 1 saturated heterocycles. The molecule has 4 rings (SSSR count). The molecule has 1 aliphatic rings. The van der Waals surface area contributed by atoms with E-state index < -0.39 is 5.91 Å². The number of benzene rings is 2. The van der Waals surface area contributed by atoms with Crippen molar-refractivity contribution < 1.29 is 14.4 Å². The molecular formula is C28H30ClN5O3. The van der Waals surface area contributed by atoms with Crippen molar-refractivity contribution >= 4 is 46.5 Å². The molecule has 8 nitrogen and oxygen atoms in total. The number of anilines is 3. The van der Waals surface area contributed by atoms with Gasteiger partial charge in [-0.05, 0) is 81.4 Å². The van der Waals surface area contributed by atoms with Crippen molar-refractivity contribution in [3.05, 3.63) is 82.5 Å². The molecular weight excluding hydrogens is 490 g/mol. The molecule has 0 unspecified atom stereocenters. The maximum absolute atomic E-state index is 13.0. The molecule has 9 heteroatoms. The van der Waals surface area contributed by atoms with Crippen LogP contribution in [0, 0.1) is 6.92 Å². The van der Waals surface area contributed by atoms with Gasteiger partial charge in [0.1, 0.15) is 5.82 Å². The van der Waals surface area contributed by atoms with Gasteiger partial charge < -0.3 is 15.5 Å². The molecule has 2 aromatic carbocycles. The second-order valence-electron chi connectivity index (χ2n) is 9.16. The molecule has 0 spiro atoms. The third-order valence-electron chi connectivity index (χ3n) is 6.34. The molecule has 37 heavy (non-hydrogen) atoms. The molecule has 2 heterocycles. The molecule has 1 aliphatic heterocycles. The normalized spacial score (nSPS) is 13.6. The van der Waals surface area contributed by atoms with Crippen LogP contribution in [0.4, 0.5) is 17.2 Å². The second kappa shape index (κ2) is 12.0. The van der Waals surface area contributed by atoms with Crippen molar-refractivity contribution in [3.8, 4) is 0 Å². The zero-order valence-corrected chi connectivity index (χ0v) is 21.7. The van der Waals surface area contributed by atoms with Crippen LogP contribution in [0.25, 0.3) is 0 Å². The first-order chi connectivity index (χ1) is 17.8. The van der Waals surface area contributed by atoms with Gasteiger partial charge in [-0.1, -0.05) is 29.7 Å². The summed E-state index contributed by atoms with van der Waals surface area (Å²) >= 11 is 5.86. The molecule has 0 bridgehead atoms. The van der Waals surface area contributed by atoms with Crippen molar-refractivity contribution in [3.63, 3.8) is 0 Å². The van der Waals surface area contributed by atoms with Gasteiger partial charge in [0, 0.05) is 24.5 Å². The molecule has 1 fully saturated rings. The average molecular weight is 520 g/mol. The van der Waals surface area contributed by atoms with Crippen molar-refractivity contribution in [2.24, 2.45) is 0 Å². The number of aromatic nitrogens is 1. The van der Waals surface area contributed by atoms with Crippen LogP contribution >= 0.6 is 11.6 Å². The summed E-state index contributed by atoms with van der Waals surface area (Å²) in [5, 5.41) is 6.01. The van der Waals surface area contributed by atoms with Gasteiger partial charge in [-0.3, -0.25) is 19.3 Å². The van der Waals surface area contributed by atoms with E-state index in [1.807, 2.05) is 13.0 Å². The first-order valence-corrected chi connectivity index (χ1v) is 12.6.